The highest BCUT2D eigenvalue weighted by atomic mass is 16.5. The van der Waals surface area contributed by atoms with Crippen LogP contribution in [-0.2, 0) is 6.42 Å². The largest absolute Gasteiger partial charge is 0.618 e. The predicted molar refractivity (Wildman–Crippen MR) is 71.2 cm³/mol. The zero-order chi connectivity index (χ0) is 12.7. The van der Waals surface area contributed by atoms with Crippen LogP contribution in [0.4, 0.5) is 0 Å². The number of benzene rings is 1. The summed E-state index contributed by atoms with van der Waals surface area (Å²) in [6, 6.07) is 9.66. The first-order valence-electron chi connectivity index (χ1n) is 6.18. The molecule has 0 aliphatic carbocycles. The van der Waals surface area contributed by atoms with E-state index < -0.39 is 0 Å². The summed E-state index contributed by atoms with van der Waals surface area (Å²) in [6.07, 6.45) is 2.41. The molecule has 0 unspecified atom stereocenters. The molecule has 92 valence electrons. The van der Waals surface area contributed by atoms with Crippen molar-refractivity contribution in [3.63, 3.8) is 0 Å². The van der Waals surface area contributed by atoms with Crippen molar-refractivity contribution in [2.45, 2.75) is 20.3 Å². The Labute approximate surface area is 105 Å². The zero-order valence-corrected chi connectivity index (χ0v) is 10.5. The van der Waals surface area contributed by atoms with Crippen LogP contribution in [0.2, 0.25) is 0 Å². The maximum atomic E-state index is 11.9. The number of rotatable bonds is 2. The van der Waals surface area contributed by atoms with Gasteiger partial charge < -0.3 is 9.62 Å². The predicted octanol–water partition coefficient (Wildman–Crippen LogP) is 3.42. The summed E-state index contributed by atoms with van der Waals surface area (Å²) < 4.78 is 6.62. The molecule has 0 atom stereocenters. The van der Waals surface area contributed by atoms with Gasteiger partial charge in [-0.15, -0.1) is 0 Å². The number of furan rings is 1. The Kier molecular flexibility index (Phi) is 2.47. The molecule has 18 heavy (non-hydrogen) atoms. The number of hydrogen-bond donors (Lipinski definition) is 0. The second-order valence-corrected chi connectivity index (χ2v) is 5.06. The maximum Gasteiger partial charge on any atom is 0.224 e. The van der Waals surface area contributed by atoms with Gasteiger partial charge in [0.05, 0.1) is 5.39 Å². The summed E-state index contributed by atoms with van der Waals surface area (Å²) in [5, 5.41) is 13.9. The first kappa shape index (κ1) is 11.1. The van der Waals surface area contributed by atoms with E-state index in [1.165, 1.54) is 6.20 Å². The van der Waals surface area contributed by atoms with Gasteiger partial charge in [0.1, 0.15) is 5.76 Å². The lowest BCUT2D eigenvalue weighted by molar-refractivity contribution is -0.575. The summed E-state index contributed by atoms with van der Waals surface area (Å²) in [4.78, 5) is 0. The molecular formula is C15H15NO2. The number of para-hydroxylation sites is 1. The molecule has 1 aromatic carbocycles. The Morgan fingerprint density at radius 1 is 1.22 bits per heavy atom. The topological polar surface area (TPSA) is 40.1 Å². The van der Waals surface area contributed by atoms with Gasteiger partial charge in [0.15, 0.2) is 5.58 Å². The monoisotopic (exact) mass is 241 g/mol. The van der Waals surface area contributed by atoms with Crippen LogP contribution in [0.3, 0.4) is 0 Å². The molecule has 2 heterocycles. The van der Waals surface area contributed by atoms with Gasteiger partial charge >= 0.3 is 0 Å². The average Bonchev–Trinajstić information content (AvgIpc) is 2.71. The van der Waals surface area contributed by atoms with E-state index in [1.54, 1.807) is 0 Å². The Hall–Kier alpha value is -2.03. The molecular weight excluding hydrogens is 226 g/mol. The average molecular weight is 241 g/mol. The van der Waals surface area contributed by atoms with Crippen LogP contribution in [0, 0.1) is 11.1 Å². The fraction of sp³-hybridized carbons (Fsp3) is 0.267. The Bertz CT molecular complexity index is 713. The molecule has 0 aliphatic rings. The number of hydrogen-bond acceptors (Lipinski definition) is 2. The minimum atomic E-state index is 0.538. The molecule has 0 spiro atoms. The van der Waals surface area contributed by atoms with Crippen molar-refractivity contribution in [2.24, 2.45) is 5.92 Å². The molecule has 0 fully saturated rings. The number of fused-ring (bicyclic) bond motifs is 3. The second kappa shape index (κ2) is 4.02. The number of pyridine rings is 1. The van der Waals surface area contributed by atoms with Gasteiger partial charge in [-0.05, 0) is 18.1 Å². The number of nitrogens with zero attached hydrogens (tertiary/aromatic N) is 1. The highest BCUT2D eigenvalue weighted by molar-refractivity contribution is 6.02. The van der Waals surface area contributed by atoms with E-state index in [9.17, 15) is 5.21 Å². The Morgan fingerprint density at radius 3 is 2.78 bits per heavy atom. The first-order chi connectivity index (χ1) is 8.65. The van der Waals surface area contributed by atoms with Crippen molar-refractivity contribution >= 4 is 21.9 Å². The van der Waals surface area contributed by atoms with E-state index in [0.717, 1.165) is 27.7 Å². The summed E-state index contributed by atoms with van der Waals surface area (Å²) in [5.41, 5.74) is 1.35. The second-order valence-electron chi connectivity index (χ2n) is 5.06. The highest BCUT2D eigenvalue weighted by Gasteiger charge is 2.14. The molecule has 0 bridgehead atoms. The van der Waals surface area contributed by atoms with Crippen molar-refractivity contribution in [3.8, 4) is 0 Å². The van der Waals surface area contributed by atoms with Crippen LogP contribution in [-0.4, -0.2) is 0 Å². The lowest BCUT2D eigenvalue weighted by atomic mass is 10.1. The third kappa shape index (κ3) is 1.72. The van der Waals surface area contributed by atoms with E-state index in [0.29, 0.717) is 17.0 Å². The van der Waals surface area contributed by atoms with Gasteiger partial charge in [-0.25, -0.2) is 0 Å². The van der Waals surface area contributed by atoms with Gasteiger partial charge in [0, 0.05) is 17.9 Å². The molecule has 3 rings (SSSR count). The van der Waals surface area contributed by atoms with Crippen molar-refractivity contribution in [3.05, 3.63) is 47.5 Å². The molecule has 0 aliphatic heterocycles. The highest BCUT2D eigenvalue weighted by Crippen LogP contribution is 2.26. The summed E-state index contributed by atoms with van der Waals surface area (Å²) in [5.74, 6) is 1.48. The number of aromatic nitrogens is 1. The fourth-order valence-electron chi connectivity index (χ4n) is 2.34. The molecule has 0 amide bonds. The Balaban J connectivity index is 2.29. The fourth-order valence-corrected chi connectivity index (χ4v) is 2.34. The molecule has 0 saturated heterocycles. The van der Waals surface area contributed by atoms with E-state index in [1.807, 2.05) is 24.3 Å². The third-order valence-corrected chi connectivity index (χ3v) is 3.09. The molecule has 0 radical (unpaired) electrons. The minimum absolute atomic E-state index is 0.538. The summed E-state index contributed by atoms with van der Waals surface area (Å²) in [7, 11) is 0. The SMILES string of the molecule is CC(C)Cc1cc2c(c[n+]([O-])c3ccccc23)o1. The van der Waals surface area contributed by atoms with Crippen molar-refractivity contribution in [1.29, 1.82) is 0 Å². The maximum absolute atomic E-state index is 11.9. The summed E-state index contributed by atoms with van der Waals surface area (Å²) >= 11 is 0. The molecule has 3 heteroatoms. The van der Waals surface area contributed by atoms with Gasteiger partial charge in [0.25, 0.3) is 0 Å². The lowest BCUT2D eigenvalue weighted by Crippen LogP contribution is -2.25. The van der Waals surface area contributed by atoms with Crippen LogP contribution in [0.5, 0.6) is 0 Å². The van der Waals surface area contributed by atoms with E-state index in [4.69, 9.17) is 4.42 Å². The first-order valence-corrected chi connectivity index (χ1v) is 6.18. The molecule has 3 aromatic rings. The van der Waals surface area contributed by atoms with Crippen LogP contribution >= 0.6 is 0 Å². The van der Waals surface area contributed by atoms with Crippen molar-refractivity contribution < 1.29 is 9.15 Å². The molecule has 0 N–H and O–H groups in total. The normalized spacial score (nSPS) is 11.7. The van der Waals surface area contributed by atoms with Crippen molar-refractivity contribution in [2.75, 3.05) is 0 Å². The van der Waals surface area contributed by atoms with E-state index in [-0.39, 0.29) is 0 Å². The third-order valence-electron chi connectivity index (χ3n) is 3.09. The van der Waals surface area contributed by atoms with E-state index >= 15 is 0 Å². The van der Waals surface area contributed by atoms with Crippen LogP contribution < -0.4 is 4.73 Å². The molecule has 0 saturated carbocycles. The van der Waals surface area contributed by atoms with Crippen LogP contribution in [0.15, 0.2) is 40.9 Å². The minimum Gasteiger partial charge on any atom is -0.618 e. The quantitative estimate of drug-likeness (QED) is 0.509. The van der Waals surface area contributed by atoms with Crippen molar-refractivity contribution in [1.82, 2.24) is 0 Å². The van der Waals surface area contributed by atoms with Crippen LogP contribution in [0.25, 0.3) is 21.9 Å². The van der Waals surface area contributed by atoms with Gasteiger partial charge in [-0.1, -0.05) is 26.0 Å². The smallest absolute Gasteiger partial charge is 0.224 e. The molecule has 3 nitrogen and oxygen atoms in total. The van der Waals surface area contributed by atoms with Gasteiger partial charge in [-0.3, -0.25) is 0 Å². The molecule has 2 aromatic heterocycles. The zero-order valence-electron chi connectivity index (χ0n) is 10.5. The van der Waals surface area contributed by atoms with Crippen LogP contribution in [0.1, 0.15) is 19.6 Å². The van der Waals surface area contributed by atoms with Gasteiger partial charge in [0.2, 0.25) is 11.7 Å². The van der Waals surface area contributed by atoms with Gasteiger partial charge in [-0.2, -0.15) is 4.73 Å². The summed E-state index contributed by atoms with van der Waals surface area (Å²) in [6.45, 7) is 4.30. The Morgan fingerprint density at radius 2 is 2.00 bits per heavy atom. The van der Waals surface area contributed by atoms with E-state index in [2.05, 4.69) is 19.9 Å². The lowest BCUT2D eigenvalue weighted by Gasteiger charge is -2.00. The standard InChI is InChI=1S/C15H15NO2/c1-10(2)7-11-8-13-12-5-3-4-6-14(12)16(17)9-15(13)18-11/h3-6,8-10H,7H2,1-2H3.